The van der Waals surface area contributed by atoms with Crippen LogP contribution in [0, 0.1) is 6.92 Å². The quantitative estimate of drug-likeness (QED) is 0.784. The Hall–Kier alpha value is -1.66. The van der Waals surface area contributed by atoms with Gasteiger partial charge < -0.3 is 9.72 Å². The summed E-state index contributed by atoms with van der Waals surface area (Å²) in [5.41, 5.74) is 1.63. The van der Waals surface area contributed by atoms with E-state index in [0.717, 1.165) is 15.8 Å². The Morgan fingerprint density at radius 2 is 2.25 bits per heavy atom. The van der Waals surface area contributed by atoms with Gasteiger partial charge in [-0.25, -0.2) is 4.98 Å². The van der Waals surface area contributed by atoms with Crippen LogP contribution in [0.25, 0.3) is 10.2 Å². The van der Waals surface area contributed by atoms with Crippen molar-refractivity contribution < 1.29 is 4.74 Å². The van der Waals surface area contributed by atoms with Crippen LogP contribution in [0.15, 0.2) is 38.9 Å². The summed E-state index contributed by atoms with van der Waals surface area (Å²) < 4.78 is 7.32. The molecular weight excluding hydrogens is 340 g/mol. The van der Waals surface area contributed by atoms with Gasteiger partial charge in [0.05, 0.1) is 5.52 Å². The molecule has 0 spiro atoms. The molecular formula is C14H11BrN2O2S. The highest BCUT2D eigenvalue weighted by Crippen LogP contribution is 2.23. The molecule has 3 aromatic rings. The fourth-order valence-electron chi connectivity index (χ4n) is 1.87. The maximum atomic E-state index is 11.8. The largest absolute Gasteiger partial charge is 0.485 e. The summed E-state index contributed by atoms with van der Waals surface area (Å²) in [4.78, 5) is 19.0. The van der Waals surface area contributed by atoms with Crippen molar-refractivity contribution in [3.05, 3.63) is 55.9 Å². The Kier molecular flexibility index (Phi) is 3.58. The molecule has 20 heavy (non-hydrogen) atoms. The van der Waals surface area contributed by atoms with Crippen LogP contribution in [0.4, 0.5) is 0 Å². The molecule has 0 bridgehead atoms. The van der Waals surface area contributed by atoms with Crippen LogP contribution in [0.5, 0.6) is 5.75 Å². The summed E-state index contributed by atoms with van der Waals surface area (Å²) in [5, 5.41) is 1.86. The molecule has 0 saturated carbocycles. The fourth-order valence-corrected chi connectivity index (χ4v) is 2.93. The number of aromatic nitrogens is 2. The van der Waals surface area contributed by atoms with E-state index in [4.69, 9.17) is 4.74 Å². The van der Waals surface area contributed by atoms with Crippen LogP contribution in [0.1, 0.15) is 11.4 Å². The number of thiophene rings is 1. The third-order valence-electron chi connectivity index (χ3n) is 2.88. The number of benzene rings is 1. The summed E-state index contributed by atoms with van der Waals surface area (Å²) in [6, 6.07) is 7.66. The van der Waals surface area contributed by atoms with Crippen molar-refractivity contribution >= 4 is 37.5 Å². The number of hydrogen-bond donors (Lipinski definition) is 1. The molecule has 0 aliphatic rings. The molecule has 0 saturated heterocycles. The lowest BCUT2D eigenvalue weighted by atomic mass is 10.2. The van der Waals surface area contributed by atoms with Gasteiger partial charge in [-0.05, 0) is 36.1 Å². The van der Waals surface area contributed by atoms with Gasteiger partial charge in [-0.1, -0.05) is 22.0 Å². The predicted molar refractivity (Wildman–Crippen MR) is 83.5 cm³/mol. The summed E-state index contributed by atoms with van der Waals surface area (Å²) >= 11 is 4.80. The van der Waals surface area contributed by atoms with E-state index in [2.05, 4.69) is 25.9 Å². The molecule has 0 fully saturated rings. The Morgan fingerprint density at radius 3 is 3.10 bits per heavy atom. The highest BCUT2D eigenvalue weighted by molar-refractivity contribution is 9.10. The van der Waals surface area contributed by atoms with Crippen molar-refractivity contribution in [2.45, 2.75) is 13.5 Å². The second kappa shape index (κ2) is 5.38. The molecule has 2 aromatic heterocycles. The van der Waals surface area contributed by atoms with Crippen molar-refractivity contribution in [3.63, 3.8) is 0 Å². The van der Waals surface area contributed by atoms with Crippen LogP contribution in [-0.2, 0) is 6.61 Å². The van der Waals surface area contributed by atoms with E-state index < -0.39 is 0 Å². The van der Waals surface area contributed by atoms with E-state index in [1.54, 1.807) is 0 Å². The smallest absolute Gasteiger partial charge is 0.268 e. The maximum Gasteiger partial charge on any atom is 0.268 e. The summed E-state index contributed by atoms with van der Waals surface area (Å²) in [7, 11) is 0. The van der Waals surface area contributed by atoms with Crippen molar-refractivity contribution in [3.8, 4) is 5.75 Å². The number of H-pyrrole nitrogens is 1. The number of fused-ring (bicyclic) bond motifs is 1. The number of hydrogen-bond acceptors (Lipinski definition) is 4. The second-order valence-corrected chi connectivity index (χ2v) is 6.18. The molecule has 4 nitrogen and oxygen atoms in total. The van der Waals surface area contributed by atoms with E-state index in [1.807, 2.05) is 36.6 Å². The fraction of sp³-hybridized carbons (Fsp3) is 0.143. The first-order valence-corrected chi connectivity index (χ1v) is 7.66. The molecule has 102 valence electrons. The number of nitrogens with one attached hydrogen (secondary N) is 1. The molecule has 0 aliphatic heterocycles. The first-order chi connectivity index (χ1) is 9.63. The zero-order valence-corrected chi connectivity index (χ0v) is 13.0. The average Bonchev–Trinajstić information content (AvgIpc) is 2.89. The summed E-state index contributed by atoms with van der Waals surface area (Å²) in [6.45, 7) is 2.21. The lowest BCUT2D eigenvalue weighted by Crippen LogP contribution is -2.12. The van der Waals surface area contributed by atoms with E-state index in [1.165, 1.54) is 11.3 Å². The van der Waals surface area contributed by atoms with E-state index >= 15 is 0 Å². The van der Waals surface area contributed by atoms with Crippen molar-refractivity contribution in [1.29, 1.82) is 0 Å². The van der Waals surface area contributed by atoms with Gasteiger partial charge in [0.25, 0.3) is 5.56 Å². The van der Waals surface area contributed by atoms with E-state index in [-0.39, 0.29) is 12.2 Å². The SMILES string of the molecule is Cc1ccc(Br)cc1OCc1nc2ccsc2c(=O)[nH]1. The van der Waals surface area contributed by atoms with Crippen molar-refractivity contribution in [2.75, 3.05) is 0 Å². The van der Waals surface area contributed by atoms with Gasteiger partial charge in [-0.15, -0.1) is 11.3 Å². The highest BCUT2D eigenvalue weighted by atomic mass is 79.9. The number of ether oxygens (including phenoxy) is 1. The zero-order chi connectivity index (χ0) is 14.1. The monoisotopic (exact) mass is 350 g/mol. The van der Waals surface area contributed by atoms with Gasteiger partial charge in [0.2, 0.25) is 0 Å². The number of halogens is 1. The molecule has 0 amide bonds. The number of rotatable bonds is 3. The third-order valence-corrected chi connectivity index (χ3v) is 4.27. The molecule has 1 aromatic carbocycles. The summed E-state index contributed by atoms with van der Waals surface area (Å²) in [5.74, 6) is 1.30. The minimum absolute atomic E-state index is 0.116. The Labute approximate surface area is 127 Å². The molecule has 0 aliphatic carbocycles. The third kappa shape index (κ3) is 2.62. The molecule has 2 heterocycles. The number of aromatic amines is 1. The van der Waals surface area contributed by atoms with Crippen molar-refractivity contribution in [2.24, 2.45) is 0 Å². The average molecular weight is 351 g/mol. The van der Waals surface area contributed by atoms with Crippen LogP contribution >= 0.6 is 27.3 Å². The number of nitrogens with zero attached hydrogens (tertiary/aromatic N) is 1. The summed E-state index contributed by atoms with van der Waals surface area (Å²) in [6.07, 6.45) is 0. The van der Waals surface area contributed by atoms with Gasteiger partial charge in [0.15, 0.2) is 0 Å². The second-order valence-electron chi connectivity index (χ2n) is 4.35. The molecule has 0 unspecified atom stereocenters. The minimum atomic E-state index is -0.116. The van der Waals surface area contributed by atoms with Crippen molar-refractivity contribution in [1.82, 2.24) is 9.97 Å². The minimum Gasteiger partial charge on any atom is -0.485 e. The lowest BCUT2D eigenvalue weighted by molar-refractivity contribution is 0.294. The van der Waals surface area contributed by atoms with Gasteiger partial charge in [0.1, 0.15) is 22.9 Å². The van der Waals surface area contributed by atoms with E-state index in [9.17, 15) is 4.79 Å². The Morgan fingerprint density at radius 1 is 1.40 bits per heavy atom. The zero-order valence-electron chi connectivity index (χ0n) is 10.6. The van der Waals surface area contributed by atoms with Crippen LogP contribution in [0.2, 0.25) is 0 Å². The van der Waals surface area contributed by atoms with E-state index in [0.29, 0.717) is 16.0 Å². The van der Waals surface area contributed by atoms with Crippen LogP contribution < -0.4 is 10.3 Å². The Balaban J connectivity index is 1.86. The standard InChI is InChI=1S/C14H11BrN2O2S/c1-8-2-3-9(15)6-11(8)19-7-12-16-10-4-5-20-13(10)14(18)17-12/h2-6H,7H2,1H3,(H,16,17,18). The molecule has 0 radical (unpaired) electrons. The molecule has 0 atom stereocenters. The van der Waals surface area contributed by atoms with Gasteiger partial charge in [0, 0.05) is 4.47 Å². The predicted octanol–water partition coefficient (Wildman–Crippen LogP) is 3.63. The molecule has 3 rings (SSSR count). The van der Waals surface area contributed by atoms with Gasteiger partial charge in [-0.2, -0.15) is 0 Å². The highest BCUT2D eigenvalue weighted by Gasteiger charge is 2.06. The van der Waals surface area contributed by atoms with Gasteiger partial charge in [-0.3, -0.25) is 4.79 Å². The number of aryl methyl sites for hydroxylation is 1. The Bertz CT molecular complexity index is 825. The first kappa shape index (κ1) is 13.3. The van der Waals surface area contributed by atoms with Crippen LogP contribution in [0.3, 0.4) is 0 Å². The normalized spacial score (nSPS) is 10.9. The van der Waals surface area contributed by atoms with Gasteiger partial charge >= 0.3 is 0 Å². The molecule has 1 N–H and O–H groups in total. The molecule has 6 heteroatoms. The maximum absolute atomic E-state index is 11.8. The lowest BCUT2D eigenvalue weighted by Gasteiger charge is -2.09. The topological polar surface area (TPSA) is 55.0 Å². The van der Waals surface area contributed by atoms with Crippen LogP contribution in [-0.4, -0.2) is 9.97 Å². The first-order valence-electron chi connectivity index (χ1n) is 5.99.